The predicted molar refractivity (Wildman–Crippen MR) is 71.1 cm³/mol. The molecule has 0 radical (unpaired) electrons. The van der Waals surface area contributed by atoms with Gasteiger partial charge in [-0.3, -0.25) is 0 Å². The van der Waals surface area contributed by atoms with Crippen molar-refractivity contribution in [2.45, 2.75) is 19.3 Å². The van der Waals surface area contributed by atoms with Crippen LogP contribution in [-0.2, 0) is 19.3 Å². The summed E-state index contributed by atoms with van der Waals surface area (Å²) >= 11 is 0. The van der Waals surface area contributed by atoms with Crippen molar-refractivity contribution < 1.29 is 22.7 Å². The molecule has 0 aliphatic heterocycles. The van der Waals surface area contributed by atoms with Gasteiger partial charge in [0.05, 0.1) is 12.2 Å². The average molecular weight is 299 g/mol. The van der Waals surface area contributed by atoms with Crippen molar-refractivity contribution in [1.29, 1.82) is 0 Å². The lowest BCUT2D eigenvalue weighted by Gasteiger charge is -2.11. The van der Waals surface area contributed by atoms with Crippen LogP contribution in [0.1, 0.15) is 16.7 Å². The van der Waals surface area contributed by atoms with E-state index in [1.54, 1.807) is 24.3 Å². The highest BCUT2D eigenvalue weighted by Gasteiger charge is 2.31. The van der Waals surface area contributed by atoms with Gasteiger partial charge in [0.15, 0.2) is 0 Å². The Labute approximate surface area is 119 Å². The van der Waals surface area contributed by atoms with E-state index in [0.717, 1.165) is 17.7 Å². The minimum absolute atomic E-state index is 0.0688. The molecule has 0 unspecified atom stereocenters. The summed E-state index contributed by atoms with van der Waals surface area (Å²) < 4.78 is 51.0. The van der Waals surface area contributed by atoms with Gasteiger partial charge in [0.2, 0.25) is 0 Å². The van der Waals surface area contributed by atoms with Gasteiger partial charge in [-0.1, -0.05) is 12.1 Å². The Morgan fingerprint density at radius 1 is 0.952 bits per heavy atom. The number of alkyl halides is 3. The third-order valence-electron chi connectivity index (χ3n) is 2.92. The Kier molecular flexibility index (Phi) is 4.47. The van der Waals surface area contributed by atoms with Gasteiger partial charge < -0.3 is 10.4 Å². The minimum atomic E-state index is -4.57. The van der Waals surface area contributed by atoms with E-state index in [1.807, 2.05) is 0 Å². The number of halogens is 4. The van der Waals surface area contributed by atoms with Crippen molar-refractivity contribution in [2.75, 3.05) is 5.32 Å². The first-order valence-corrected chi connectivity index (χ1v) is 6.19. The second kappa shape index (κ2) is 6.13. The molecule has 0 bridgehead atoms. The molecule has 2 aromatic carbocycles. The third-order valence-corrected chi connectivity index (χ3v) is 2.92. The quantitative estimate of drug-likeness (QED) is 0.838. The molecule has 0 saturated heterocycles. The highest BCUT2D eigenvalue weighted by atomic mass is 19.4. The fraction of sp³-hybridized carbons (Fsp3) is 0.200. The lowest BCUT2D eigenvalue weighted by Crippen LogP contribution is -2.08. The number of hydrogen-bond acceptors (Lipinski definition) is 2. The Morgan fingerprint density at radius 3 is 2.19 bits per heavy atom. The Bertz CT molecular complexity index is 608. The summed E-state index contributed by atoms with van der Waals surface area (Å²) in [6.07, 6.45) is -4.57. The second-order valence-electron chi connectivity index (χ2n) is 4.55. The molecule has 0 spiro atoms. The molecule has 2 N–H and O–H groups in total. The number of rotatable bonds is 4. The number of aliphatic hydroxyl groups excluding tert-OH is 1. The molecule has 0 saturated carbocycles. The molecule has 2 nitrogen and oxygen atoms in total. The van der Waals surface area contributed by atoms with Gasteiger partial charge in [0, 0.05) is 12.2 Å². The molecule has 0 atom stereocenters. The molecule has 2 rings (SSSR count). The highest BCUT2D eigenvalue weighted by molar-refractivity contribution is 5.45. The maximum absolute atomic E-state index is 13.2. The molecule has 21 heavy (non-hydrogen) atoms. The van der Waals surface area contributed by atoms with Gasteiger partial charge in [-0.2, -0.15) is 13.2 Å². The van der Waals surface area contributed by atoms with Crippen molar-refractivity contribution >= 4 is 5.69 Å². The first kappa shape index (κ1) is 15.3. The molecule has 0 amide bonds. The molecule has 2 aromatic rings. The van der Waals surface area contributed by atoms with Gasteiger partial charge in [-0.05, 0) is 41.5 Å². The molecule has 0 aliphatic rings. The monoisotopic (exact) mass is 299 g/mol. The van der Waals surface area contributed by atoms with Crippen LogP contribution in [0.2, 0.25) is 0 Å². The third kappa shape index (κ3) is 4.19. The van der Waals surface area contributed by atoms with Gasteiger partial charge in [0.1, 0.15) is 5.82 Å². The van der Waals surface area contributed by atoms with E-state index < -0.39 is 17.6 Å². The van der Waals surface area contributed by atoms with Crippen LogP contribution in [0.3, 0.4) is 0 Å². The van der Waals surface area contributed by atoms with Crippen LogP contribution in [0.4, 0.5) is 23.2 Å². The summed E-state index contributed by atoms with van der Waals surface area (Å²) in [6, 6.07) is 9.21. The summed E-state index contributed by atoms with van der Waals surface area (Å²) in [5, 5.41) is 11.8. The molecule has 6 heteroatoms. The fourth-order valence-electron chi connectivity index (χ4n) is 1.85. The first-order valence-electron chi connectivity index (χ1n) is 6.19. The summed E-state index contributed by atoms with van der Waals surface area (Å²) in [7, 11) is 0. The Morgan fingerprint density at radius 2 is 1.62 bits per heavy atom. The van der Waals surface area contributed by atoms with E-state index in [2.05, 4.69) is 5.32 Å². The summed E-state index contributed by atoms with van der Waals surface area (Å²) in [5.41, 5.74) is 0.596. The van der Waals surface area contributed by atoms with Crippen LogP contribution in [0.5, 0.6) is 0 Å². The maximum Gasteiger partial charge on any atom is 0.416 e. The van der Waals surface area contributed by atoms with Crippen LogP contribution in [-0.4, -0.2) is 5.11 Å². The Hall–Kier alpha value is -2.08. The first-order chi connectivity index (χ1) is 9.88. The van der Waals surface area contributed by atoms with Gasteiger partial charge in [-0.15, -0.1) is 0 Å². The van der Waals surface area contributed by atoms with Gasteiger partial charge >= 0.3 is 6.18 Å². The van der Waals surface area contributed by atoms with Crippen molar-refractivity contribution in [3.8, 4) is 0 Å². The summed E-state index contributed by atoms with van der Waals surface area (Å²) in [5.74, 6) is -0.919. The van der Waals surface area contributed by atoms with Crippen LogP contribution < -0.4 is 5.32 Å². The van der Waals surface area contributed by atoms with Crippen molar-refractivity contribution in [1.82, 2.24) is 0 Å². The predicted octanol–water partition coefficient (Wildman–Crippen LogP) is 3.95. The zero-order chi connectivity index (χ0) is 15.5. The number of hydrogen-bond donors (Lipinski definition) is 2. The lowest BCUT2D eigenvalue weighted by molar-refractivity contribution is -0.137. The van der Waals surface area contributed by atoms with Crippen LogP contribution in [0.25, 0.3) is 0 Å². The normalized spacial score (nSPS) is 11.5. The van der Waals surface area contributed by atoms with E-state index >= 15 is 0 Å². The smallest absolute Gasteiger partial charge is 0.392 e. The van der Waals surface area contributed by atoms with Crippen molar-refractivity contribution in [3.63, 3.8) is 0 Å². The lowest BCUT2D eigenvalue weighted by atomic mass is 10.1. The van der Waals surface area contributed by atoms with Crippen LogP contribution >= 0.6 is 0 Å². The van der Waals surface area contributed by atoms with Crippen molar-refractivity contribution in [2.24, 2.45) is 0 Å². The van der Waals surface area contributed by atoms with Crippen LogP contribution in [0.15, 0.2) is 42.5 Å². The standard InChI is InChI=1S/C15H13F4NO/c16-13-6-11(5-12(7-13)15(17,18)19)8-20-14-3-1-10(9-21)2-4-14/h1-7,20-21H,8-9H2. The van der Waals surface area contributed by atoms with Crippen LogP contribution in [0, 0.1) is 5.82 Å². The van der Waals surface area contributed by atoms with Gasteiger partial charge in [-0.25, -0.2) is 4.39 Å². The van der Waals surface area contributed by atoms with E-state index in [-0.39, 0.29) is 18.7 Å². The van der Waals surface area contributed by atoms with E-state index in [9.17, 15) is 17.6 Å². The van der Waals surface area contributed by atoms with E-state index in [0.29, 0.717) is 11.8 Å². The minimum Gasteiger partial charge on any atom is -0.392 e. The molecule has 0 fully saturated rings. The maximum atomic E-state index is 13.2. The molecular weight excluding hydrogens is 286 g/mol. The van der Waals surface area contributed by atoms with Gasteiger partial charge in [0.25, 0.3) is 0 Å². The topological polar surface area (TPSA) is 32.3 Å². The average Bonchev–Trinajstić information content (AvgIpc) is 2.44. The highest BCUT2D eigenvalue weighted by Crippen LogP contribution is 2.30. The second-order valence-corrected chi connectivity index (χ2v) is 4.55. The summed E-state index contributed by atoms with van der Waals surface area (Å²) in [4.78, 5) is 0. The summed E-state index contributed by atoms with van der Waals surface area (Å²) in [6.45, 7) is -0.0154. The molecular formula is C15H13F4NO. The zero-order valence-electron chi connectivity index (χ0n) is 10.9. The van der Waals surface area contributed by atoms with E-state index in [1.165, 1.54) is 0 Å². The number of aliphatic hydroxyl groups is 1. The molecule has 0 heterocycles. The van der Waals surface area contributed by atoms with E-state index in [4.69, 9.17) is 5.11 Å². The molecule has 0 aromatic heterocycles. The fourth-order valence-corrected chi connectivity index (χ4v) is 1.85. The number of nitrogens with one attached hydrogen (secondary N) is 1. The molecule has 112 valence electrons. The van der Waals surface area contributed by atoms with Crippen molar-refractivity contribution in [3.05, 3.63) is 65.0 Å². The molecule has 0 aliphatic carbocycles. The zero-order valence-corrected chi connectivity index (χ0v) is 10.9. The number of benzene rings is 2. The Balaban J connectivity index is 2.10. The number of anilines is 1. The largest absolute Gasteiger partial charge is 0.416 e. The SMILES string of the molecule is OCc1ccc(NCc2cc(F)cc(C(F)(F)F)c2)cc1.